The highest BCUT2D eigenvalue weighted by atomic mass is 16.5. The molecule has 2 amide bonds. The second kappa shape index (κ2) is 8.52. The highest BCUT2D eigenvalue weighted by molar-refractivity contribution is 5.89. The Kier molecular flexibility index (Phi) is 5.67. The Morgan fingerprint density at radius 2 is 2.04 bits per heavy atom. The summed E-state index contributed by atoms with van der Waals surface area (Å²) in [6.45, 7) is 3.31. The number of nitrogens with zero attached hydrogens (tertiary/aromatic N) is 1. The molecule has 148 valence electrons. The molecule has 4 rings (SSSR count). The summed E-state index contributed by atoms with van der Waals surface area (Å²) < 4.78 is 11.1. The van der Waals surface area contributed by atoms with Gasteiger partial charge in [0.2, 0.25) is 0 Å². The largest absolute Gasteiger partial charge is 0.496 e. The predicted molar refractivity (Wildman–Crippen MR) is 109 cm³/mol. The quantitative estimate of drug-likeness (QED) is 0.803. The van der Waals surface area contributed by atoms with Crippen LogP contribution in [0.25, 0.3) is 0 Å². The molecule has 1 unspecified atom stereocenters. The van der Waals surface area contributed by atoms with Gasteiger partial charge in [0.1, 0.15) is 11.5 Å². The first-order chi connectivity index (χ1) is 13.7. The van der Waals surface area contributed by atoms with E-state index >= 15 is 0 Å². The van der Waals surface area contributed by atoms with Gasteiger partial charge in [0.25, 0.3) is 0 Å². The van der Waals surface area contributed by atoms with Crippen LogP contribution in [0.2, 0.25) is 0 Å². The molecule has 0 aromatic heterocycles. The summed E-state index contributed by atoms with van der Waals surface area (Å²) in [5, 5.41) is 5.99. The number of urea groups is 1. The van der Waals surface area contributed by atoms with Gasteiger partial charge in [0, 0.05) is 24.2 Å². The molecule has 1 atom stereocenters. The molecular weight excluding hydrogens is 354 g/mol. The first-order valence-electron chi connectivity index (χ1n) is 9.92. The summed E-state index contributed by atoms with van der Waals surface area (Å²) in [4.78, 5) is 14.9. The van der Waals surface area contributed by atoms with Crippen LogP contribution in [-0.2, 0) is 6.42 Å². The van der Waals surface area contributed by atoms with Gasteiger partial charge < -0.3 is 20.1 Å². The van der Waals surface area contributed by atoms with Crippen LogP contribution in [0.3, 0.4) is 0 Å². The lowest BCUT2D eigenvalue weighted by molar-refractivity contribution is 0.224. The lowest BCUT2D eigenvalue weighted by atomic mass is 10.0. The molecule has 0 bridgehead atoms. The lowest BCUT2D eigenvalue weighted by Crippen LogP contribution is -2.38. The van der Waals surface area contributed by atoms with E-state index in [1.54, 1.807) is 7.11 Å². The van der Waals surface area contributed by atoms with Crippen LogP contribution < -0.4 is 20.1 Å². The van der Waals surface area contributed by atoms with Crippen LogP contribution in [0.4, 0.5) is 10.5 Å². The van der Waals surface area contributed by atoms with Gasteiger partial charge in [-0.25, -0.2) is 4.79 Å². The molecule has 2 N–H and O–H groups in total. The monoisotopic (exact) mass is 381 g/mol. The van der Waals surface area contributed by atoms with Gasteiger partial charge in [0.05, 0.1) is 19.8 Å². The summed E-state index contributed by atoms with van der Waals surface area (Å²) in [5.41, 5.74) is 3.04. The van der Waals surface area contributed by atoms with Crippen molar-refractivity contribution >= 4 is 11.7 Å². The zero-order valence-corrected chi connectivity index (χ0v) is 16.2. The summed E-state index contributed by atoms with van der Waals surface area (Å²) in [6.07, 6.45) is 3.27. The molecule has 28 heavy (non-hydrogen) atoms. The van der Waals surface area contributed by atoms with Crippen molar-refractivity contribution in [2.75, 3.05) is 38.7 Å². The van der Waals surface area contributed by atoms with Crippen LogP contribution in [0.5, 0.6) is 11.5 Å². The van der Waals surface area contributed by atoms with Crippen LogP contribution in [0.1, 0.15) is 30.0 Å². The Balaban J connectivity index is 1.43. The molecule has 1 fully saturated rings. The average Bonchev–Trinajstić information content (AvgIpc) is 3.40. The molecule has 6 heteroatoms. The number of para-hydroxylation sites is 1. The van der Waals surface area contributed by atoms with Crippen LogP contribution >= 0.6 is 0 Å². The van der Waals surface area contributed by atoms with Gasteiger partial charge in [-0.15, -0.1) is 0 Å². The van der Waals surface area contributed by atoms with E-state index in [0.29, 0.717) is 13.2 Å². The van der Waals surface area contributed by atoms with Crippen molar-refractivity contribution in [1.82, 2.24) is 10.2 Å². The molecule has 1 saturated heterocycles. The number of carbonyl (C=O) groups excluding carboxylic acids is 1. The van der Waals surface area contributed by atoms with Crippen LogP contribution in [-0.4, -0.2) is 44.3 Å². The Morgan fingerprint density at radius 1 is 1.21 bits per heavy atom. The first kappa shape index (κ1) is 18.6. The van der Waals surface area contributed by atoms with Crippen molar-refractivity contribution in [2.24, 2.45) is 0 Å². The van der Waals surface area contributed by atoms with Crippen molar-refractivity contribution < 1.29 is 14.3 Å². The number of benzene rings is 2. The Labute approximate surface area is 165 Å². The van der Waals surface area contributed by atoms with Gasteiger partial charge in [-0.05, 0) is 55.8 Å². The maximum absolute atomic E-state index is 12.5. The highest BCUT2D eigenvalue weighted by Crippen LogP contribution is 2.31. The van der Waals surface area contributed by atoms with Gasteiger partial charge in [-0.2, -0.15) is 0 Å². The van der Waals surface area contributed by atoms with E-state index in [-0.39, 0.29) is 12.1 Å². The molecule has 0 radical (unpaired) electrons. The number of hydrogen-bond donors (Lipinski definition) is 2. The fourth-order valence-corrected chi connectivity index (χ4v) is 4.06. The maximum Gasteiger partial charge on any atom is 0.319 e. The van der Waals surface area contributed by atoms with Crippen molar-refractivity contribution in [1.29, 1.82) is 0 Å². The van der Waals surface area contributed by atoms with E-state index in [9.17, 15) is 4.79 Å². The Hall–Kier alpha value is -2.73. The zero-order chi connectivity index (χ0) is 19.3. The molecule has 0 aliphatic carbocycles. The minimum absolute atomic E-state index is 0.0952. The molecule has 0 saturated carbocycles. The summed E-state index contributed by atoms with van der Waals surface area (Å²) in [7, 11) is 1.69. The SMILES string of the molecule is COc1ccccc1C(CNC(=O)Nc1ccc2c(c1)CCO2)N1CCCC1. The minimum Gasteiger partial charge on any atom is -0.496 e. The van der Waals surface area contributed by atoms with Crippen molar-refractivity contribution in [3.63, 3.8) is 0 Å². The van der Waals surface area contributed by atoms with E-state index in [0.717, 1.165) is 47.8 Å². The van der Waals surface area contributed by atoms with E-state index in [1.807, 2.05) is 36.4 Å². The van der Waals surface area contributed by atoms with E-state index in [4.69, 9.17) is 9.47 Å². The van der Waals surface area contributed by atoms with Crippen molar-refractivity contribution in [3.05, 3.63) is 53.6 Å². The fourth-order valence-electron chi connectivity index (χ4n) is 4.06. The molecule has 2 aromatic carbocycles. The molecule has 0 spiro atoms. The molecule has 2 heterocycles. The third-order valence-electron chi connectivity index (χ3n) is 5.48. The fraction of sp³-hybridized carbons (Fsp3) is 0.409. The number of ether oxygens (including phenoxy) is 2. The van der Waals surface area contributed by atoms with Gasteiger partial charge in [-0.1, -0.05) is 18.2 Å². The number of fused-ring (bicyclic) bond motifs is 1. The molecule has 2 aliphatic heterocycles. The third kappa shape index (κ3) is 4.07. The van der Waals surface area contributed by atoms with Gasteiger partial charge >= 0.3 is 6.03 Å². The lowest BCUT2D eigenvalue weighted by Gasteiger charge is -2.29. The Morgan fingerprint density at radius 3 is 2.86 bits per heavy atom. The van der Waals surface area contributed by atoms with E-state index in [2.05, 4.69) is 21.6 Å². The number of carbonyl (C=O) groups is 1. The van der Waals surface area contributed by atoms with E-state index < -0.39 is 0 Å². The van der Waals surface area contributed by atoms with Crippen LogP contribution in [0.15, 0.2) is 42.5 Å². The number of likely N-dealkylation sites (tertiary alicyclic amines) is 1. The van der Waals surface area contributed by atoms with Gasteiger partial charge in [0.15, 0.2) is 0 Å². The summed E-state index contributed by atoms with van der Waals surface area (Å²) >= 11 is 0. The third-order valence-corrected chi connectivity index (χ3v) is 5.48. The van der Waals surface area contributed by atoms with Crippen LogP contribution in [0, 0.1) is 0 Å². The topological polar surface area (TPSA) is 62.8 Å². The number of hydrogen-bond acceptors (Lipinski definition) is 4. The number of rotatable bonds is 6. The normalized spacial score (nSPS) is 16.9. The summed E-state index contributed by atoms with van der Waals surface area (Å²) in [5.74, 6) is 1.77. The number of amides is 2. The molecule has 2 aromatic rings. The number of anilines is 1. The van der Waals surface area contributed by atoms with Crippen molar-refractivity contribution in [3.8, 4) is 11.5 Å². The van der Waals surface area contributed by atoms with Crippen molar-refractivity contribution in [2.45, 2.75) is 25.3 Å². The second-order valence-electron chi connectivity index (χ2n) is 7.26. The Bertz CT molecular complexity index is 834. The second-order valence-corrected chi connectivity index (χ2v) is 7.26. The van der Waals surface area contributed by atoms with E-state index in [1.165, 1.54) is 12.8 Å². The maximum atomic E-state index is 12.5. The highest BCUT2D eigenvalue weighted by Gasteiger charge is 2.26. The zero-order valence-electron chi connectivity index (χ0n) is 16.2. The summed E-state index contributed by atoms with van der Waals surface area (Å²) in [6, 6.07) is 13.7. The smallest absolute Gasteiger partial charge is 0.319 e. The molecule has 6 nitrogen and oxygen atoms in total. The number of methoxy groups -OCH3 is 1. The predicted octanol–water partition coefficient (Wildman–Crippen LogP) is 3.59. The minimum atomic E-state index is -0.196. The first-order valence-corrected chi connectivity index (χ1v) is 9.92. The van der Waals surface area contributed by atoms with Gasteiger partial charge in [-0.3, -0.25) is 4.90 Å². The molecule has 2 aliphatic rings. The standard InChI is InChI=1S/C22H27N3O3/c1-27-21-7-3-2-6-18(21)19(25-11-4-5-12-25)15-23-22(26)24-17-8-9-20-16(14-17)10-13-28-20/h2-3,6-9,14,19H,4-5,10-13,15H2,1H3,(H2,23,24,26). The average molecular weight is 381 g/mol. The molecular formula is C22H27N3O3. The number of nitrogens with one attached hydrogen (secondary N) is 2.